The van der Waals surface area contributed by atoms with Crippen LogP contribution in [0.3, 0.4) is 0 Å². The smallest absolute Gasteiger partial charge is 0.341 e. The highest BCUT2D eigenvalue weighted by atomic mass is 19.4. The number of anilines is 1. The van der Waals surface area contributed by atoms with Crippen LogP contribution in [0.2, 0.25) is 0 Å². The number of nitrogens with one attached hydrogen (secondary N) is 1. The monoisotopic (exact) mass is 304 g/mol. The summed E-state index contributed by atoms with van der Waals surface area (Å²) in [4.78, 5) is 24.4. The van der Waals surface area contributed by atoms with Gasteiger partial charge in [0.15, 0.2) is 0 Å². The molecule has 1 fully saturated rings. The van der Waals surface area contributed by atoms with Gasteiger partial charge in [-0.25, -0.2) is 4.39 Å². The third-order valence-electron chi connectivity index (χ3n) is 3.10. The van der Waals surface area contributed by atoms with Gasteiger partial charge in [-0.15, -0.1) is 0 Å². The molecule has 0 aliphatic carbocycles. The van der Waals surface area contributed by atoms with Gasteiger partial charge in [-0.3, -0.25) is 14.5 Å². The average Bonchev–Trinajstić information content (AvgIpc) is 2.32. The molecule has 8 heteroatoms. The minimum absolute atomic E-state index is 0.527. The highest BCUT2D eigenvalue weighted by molar-refractivity contribution is 6.08. The van der Waals surface area contributed by atoms with E-state index in [1.165, 1.54) is 13.8 Å². The van der Waals surface area contributed by atoms with Crippen LogP contribution in [0.25, 0.3) is 0 Å². The number of rotatable bonds is 1. The van der Waals surface area contributed by atoms with Gasteiger partial charge in [0.25, 0.3) is 5.91 Å². The first-order valence-electron chi connectivity index (χ1n) is 6.02. The van der Waals surface area contributed by atoms with Crippen molar-refractivity contribution in [3.8, 4) is 0 Å². The number of piperazine rings is 1. The number of carbonyl (C=O) groups is 2. The Labute approximate surface area is 117 Å². The Bertz CT molecular complexity index is 611. The van der Waals surface area contributed by atoms with Gasteiger partial charge in [0.2, 0.25) is 5.91 Å². The summed E-state index contributed by atoms with van der Waals surface area (Å²) in [5, 5.41) is 2.39. The van der Waals surface area contributed by atoms with Crippen molar-refractivity contribution in [3.05, 3.63) is 29.6 Å². The summed E-state index contributed by atoms with van der Waals surface area (Å²) in [7, 11) is 0. The van der Waals surface area contributed by atoms with Crippen LogP contribution < -0.4 is 10.2 Å². The van der Waals surface area contributed by atoms with Gasteiger partial charge in [-0.05, 0) is 32.0 Å². The van der Waals surface area contributed by atoms with E-state index in [1.807, 2.05) is 0 Å². The molecular weight excluding hydrogens is 292 g/mol. The molecule has 0 unspecified atom stereocenters. The Morgan fingerprint density at radius 3 is 2.43 bits per heavy atom. The normalized spacial score (nSPS) is 18.7. The largest absolute Gasteiger partial charge is 0.416 e. The third kappa shape index (κ3) is 2.84. The lowest BCUT2D eigenvalue weighted by Crippen LogP contribution is -2.64. The highest BCUT2D eigenvalue weighted by Crippen LogP contribution is 2.34. The molecule has 1 N–H and O–H groups in total. The van der Waals surface area contributed by atoms with E-state index in [1.54, 1.807) is 0 Å². The van der Waals surface area contributed by atoms with Crippen LogP contribution in [0.5, 0.6) is 0 Å². The molecule has 1 aromatic rings. The van der Waals surface area contributed by atoms with Gasteiger partial charge in [-0.2, -0.15) is 13.2 Å². The van der Waals surface area contributed by atoms with Gasteiger partial charge in [0, 0.05) is 0 Å². The van der Waals surface area contributed by atoms with Gasteiger partial charge < -0.3 is 5.32 Å². The average molecular weight is 304 g/mol. The van der Waals surface area contributed by atoms with Crippen molar-refractivity contribution in [3.63, 3.8) is 0 Å². The van der Waals surface area contributed by atoms with E-state index in [0.29, 0.717) is 18.2 Å². The molecule has 0 spiro atoms. The molecule has 1 aromatic carbocycles. The number of amides is 2. The molecule has 1 aliphatic rings. The zero-order valence-electron chi connectivity index (χ0n) is 11.2. The van der Waals surface area contributed by atoms with E-state index in [-0.39, 0.29) is 0 Å². The van der Waals surface area contributed by atoms with E-state index in [0.717, 1.165) is 4.90 Å². The molecule has 0 radical (unpaired) electrons. The van der Waals surface area contributed by atoms with E-state index < -0.39 is 47.1 Å². The lowest BCUT2D eigenvalue weighted by atomic mass is 9.99. The summed E-state index contributed by atoms with van der Waals surface area (Å²) >= 11 is 0. The Morgan fingerprint density at radius 2 is 1.86 bits per heavy atom. The van der Waals surface area contributed by atoms with E-state index in [2.05, 4.69) is 5.32 Å². The van der Waals surface area contributed by atoms with Crippen LogP contribution in [-0.4, -0.2) is 23.9 Å². The van der Waals surface area contributed by atoms with Gasteiger partial charge >= 0.3 is 6.18 Å². The summed E-state index contributed by atoms with van der Waals surface area (Å²) < 4.78 is 51.9. The number of halogens is 4. The Hall–Kier alpha value is -2.12. The number of benzene rings is 1. The molecule has 0 aromatic heterocycles. The molecule has 1 aliphatic heterocycles. The molecule has 0 bridgehead atoms. The Kier molecular flexibility index (Phi) is 3.43. The summed E-state index contributed by atoms with van der Waals surface area (Å²) in [6, 6.07) is 1.74. The van der Waals surface area contributed by atoms with Crippen molar-refractivity contribution in [2.75, 3.05) is 11.4 Å². The lowest BCUT2D eigenvalue weighted by Gasteiger charge is -2.37. The molecule has 0 saturated carbocycles. The highest BCUT2D eigenvalue weighted by Gasteiger charge is 2.41. The fourth-order valence-electron chi connectivity index (χ4n) is 2.08. The molecule has 0 atom stereocenters. The second-order valence-corrected chi connectivity index (χ2v) is 5.23. The Morgan fingerprint density at radius 1 is 1.24 bits per heavy atom. The molecule has 21 heavy (non-hydrogen) atoms. The van der Waals surface area contributed by atoms with Crippen LogP contribution in [0.4, 0.5) is 23.2 Å². The minimum Gasteiger partial charge on any atom is -0.341 e. The van der Waals surface area contributed by atoms with Crippen LogP contribution in [0.1, 0.15) is 19.4 Å². The molecular formula is C13H12F4N2O2. The topological polar surface area (TPSA) is 49.4 Å². The zero-order valence-corrected chi connectivity index (χ0v) is 11.2. The molecule has 114 valence electrons. The molecule has 1 heterocycles. The van der Waals surface area contributed by atoms with E-state index >= 15 is 0 Å². The summed E-state index contributed by atoms with van der Waals surface area (Å²) in [6.45, 7) is 2.26. The number of hydrogen-bond acceptors (Lipinski definition) is 2. The predicted octanol–water partition coefficient (Wildman–Crippen LogP) is 2.09. The summed E-state index contributed by atoms with van der Waals surface area (Å²) in [6.07, 6.45) is -4.67. The second-order valence-electron chi connectivity index (χ2n) is 5.23. The zero-order chi connectivity index (χ0) is 16.0. The summed E-state index contributed by atoms with van der Waals surface area (Å²) in [5.74, 6) is -2.25. The Balaban J connectivity index is 2.50. The number of alkyl halides is 3. The van der Waals surface area contributed by atoms with Gasteiger partial charge in [0.1, 0.15) is 17.9 Å². The molecule has 2 rings (SSSR count). The molecule has 4 nitrogen and oxygen atoms in total. The van der Waals surface area contributed by atoms with Crippen LogP contribution in [-0.2, 0) is 15.8 Å². The van der Waals surface area contributed by atoms with Gasteiger partial charge in [-0.1, -0.05) is 0 Å². The first-order valence-corrected chi connectivity index (χ1v) is 6.02. The maximum Gasteiger partial charge on any atom is 0.416 e. The van der Waals surface area contributed by atoms with E-state index in [9.17, 15) is 27.2 Å². The fourth-order valence-corrected chi connectivity index (χ4v) is 2.08. The number of carbonyl (C=O) groups excluding carboxylic acids is 2. The summed E-state index contributed by atoms with van der Waals surface area (Å²) in [5.41, 5.74) is -2.95. The van der Waals surface area contributed by atoms with Crippen molar-refractivity contribution in [1.29, 1.82) is 0 Å². The second kappa shape index (κ2) is 4.71. The van der Waals surface area contributed by atoms with Crippen molar-refractivity contribution >= 4 is 17.5 Å². The van der Waals surface area contributed by atoms with Crippen molar-refractivity contribution in [2.24, 2.45) is 0 Å². The standard InChI is InChI=1S/C13H12F4N2O2/c1-12(2)11(21)19(6-10(20)18-12)9-5-7(13(15,16)17)3-4-8(9)14/h3-5H,6H2,1-2H3,(H,18,20). The predicted molar refractivity (Wildman–Crippen MR) is 66.0 cm³/mol. The lowest BCUT2D eigenvalue weighted by molar-refractivity contribution is -0.137. The van der Waals surface area contributed by atoms with Crippen LogP contribution >= 0.6 is 0 Å². The maximum atomic E-state index is 13.8. The third-order valence-corrected chi connectivity index (χ3v) is 3.10. The maximum absolute atomic E-state index is 13.8. The minimum atomic E-state index is -4.67. The first kappa shape index (κ1) is 15.3. The van der Waals surface area contributed by atoms with E-state index in [4.69, 9.17) is 0 Å². The van der Waals surface area contributed by atoms with Crippen LogP contribution in [0.15, 0.2) is 18.2 Å². The first-order chi connectivity index (χ1) is 9.52. The number of hydrogen-bond donors (Lipinski definition) is 1. The fraction of sp³-hybridized carbons (Fsp3) is 0.385. The van der Waals surface area contributed by atoms with Crippen molar-refractivity contribution in [1.82, 2.24) is 5.32 Å². The molecule has 2 amide bonds. The number of nitrogens with zero attached hydrogens (tertiary/aromatic N) is 1. The van der Waals surface area contributed by atoms with Crippen molar-refractivity contribution in [2.45, 2.75) is 25.6 Å². The van der Waals surface area contributed by atoms with Gasteiger partial charge in [0.05, 0.1) is 11.3 Å². The van der Waals surface area contributed by atoms with Crippen molar-refractivity contribution < 1.29 is 27.2 Å². The molecule has 1 saturated heterocycles. The van der Waals surface area contributed by atoms with Crippen LogP contribution in [0, 0.1) is 5.82 Å². The SMILES string of the molecule is CC1(C)NC(=O)CN(c2cc(C(F)(F)F)ccc2F)C1=O. The quantitative estimate of drug-likeness (QED) is 0.808.